The first-order valence-corrected chi connectivity index (χ1v) is 16.0. The molecule has 1 aliphatic heterocycles. The van der Waals surface area contributed by atoms with Gasteiger partial charge in [0.2, 0.25) is 0 Å². The minimum Gasteiger partial charge on any atom is -0.508 e. The van der Waals surface area contributed by atoms with Crippen LogP contribution < -0.4 is 4.74 Å². The van der Waals surface area contributed by atoms with Crippen molar-refractivity contribution in [2.24, 2.45) is 5.92 Å². The van der Waals surface area contributed by atoms with Crippen molar-refractivity contribution in [1.82, 2.24) is 0 Å². The predicted octanol–water partition coefficient (Wildman–Crippen LogP) is 11.2. The maximum Gasteiger partial charge on any atom is 0.453 e. The topological polar surface area (TPSA) is 49.7 Å². The van der Waals surface area contributed by atoms with Gasteiger partial charge in [0.05, 0.1) is 6.61 Å². The van der Waals surface area contributed by atoms with Gasteiger partial charge in [0.25, 0.3) is 0 Å². The fourth-order valence-electron chi connectivity index (χ4n) is 6.41. The number of aromatic hydroxyl groups is 2. The molecule has 1 heterocycles. The third-order valence-electron chi connectivity index (χ3n) is 9.24. The Morgan fingerprint density at radius 3 is 1.91 bits per heavy atom. The first kappa shape index (κ1) is 35.0. The lowest BCUT2D eigenvalue weighted by Gasteiger charge is -2.43. The SMILES string of the molecule is CC(CCCCCCCCCC1c2ccc(O)cc2OCC1(C)c1ccc(O)cc1)CCCCCCC(F)(F)C(F)(F)F. The number of hydrogen-bond donors (Lipinski definition) is 2. The molecule has 0 amide bonds. The van der Waals surface area contributed by atoms with E-state index in [1.807, 2.05) is 18.2 Å². The molecule has 0 spiro atoms. The predicted molar refractivity (Wildman–Crippen MR) is 161 cm³/mol. The number of hydrogen-bond acceptors (Lipinski definition) is 3. The van der Waals surface area contributed by atoms with Crippen LogP contribution in [0.25, 0.3) is 0 Å². The number of ether oxygens (including phenoxy) is 1. The minimum atomic E-state index is -5.44. The zero-order chi connectivity index (χ0) is 31.5. The summed E-state index contributed by atoms with van der Waals surface area (Å²) in [5.41, 5.74) is 2.02. The van der Waals surface area contributed by atoms with Gasteiger partial charge in [-0.05, 0) is 48.1 Å². The van der Waals surface area contributed by atoms with Crippen LogP contribution in [0, 0.1) is 5.92 Å². The van der Waals surface area contributed by atoms with Gasteiger partial charge >= 0.3 is 12.1 Å². The molecule has 0 aliphatic carbocycles. The lowest BCUT2D eigenvalue weighted by molar-refractivity contribution is -0.284. The van der Waals surface area contributed by atoms with Gasteiger partial charge in [-0.15, -0.1) is 0 Å². The molecule has 0 saturated heterocycles. The molecule has 0 fully saturated rings. The summed E-state index contributed by atoms with van der Waals surface area (Å²) in [6.07, 6.45) is 6.67. The van der Waals surface area contributed by atoms with Crippen molar-refractivity contribution in [2.75, 3.05) is 6.61 Å². The van der Waals surface area contributed by atoms with Crippen molar-refractivity contribution >= 4 is 0 Å². The van der Waals surface area contributed by atoms with Gasteiger partial charge in [0.1, 0.15) is 17.2 Å². The standard InChI is InChI=1S/C35H49F5O3/c1-26(15-11-8-9-13-23-34(36,37)35(38,39)40)14-10-6-4-3-5-7-12-16-31-30-22-21-29(42)24-32(30)43-25-33(31,2)27-17-19-28(41)20-18-27/h17-22,24,26,31,41-42H,3-16,23,25H2,1-2H3. The Morgan fingerprint density at radius 1 is 0.767 bits per heavy atom. The van der Waals surface area contributed by atoms with Gasteiger partial charge in [-0.2, -0.15) is 22.0 Å². The smallest absolute Gasteiger partial charge is 0.453 e. The summed E-state index contributed by atoms with van der Waals surface area (Å²) in [4.78, 5) is 0. The summed E-state index contributed by atoms with van der Waals surface area (Å²) in [7, 11) is 0. The van der Waals surface area contributed by atoms with Gasteiger partial charge in [0.15, 0.2) is 0 Å². The van der Waals surface area contributed by atoms with E-state index in [1.165, 1.54) is 25.7 Å². The second kappa shape index (κ2) is 16.0. The third-order valence-corrected chi connectivity index (χ3v) is 9.24. The number of halogens is 5. The van der Waals surface area contributed by atoms with E-state index in [0.717, 1.165) is 61.8 Å². The molecule has 0 saturated carbocycles. The van der Waals surface area contributed by atoms with E-state index in [4.69, 9.17) is 4.74 Å². The Bertz CT molecular complexity index is 1100. The molecule has 1 aliphatic rings. The van der Waals surface area contributed by atoms with Crippen LogP contribution in [0.3, 0.4) is 0 Å². The van der Waals surface area contributed by atoms with Crippen molar-refractivity contribution < 1.29 is 36.9 Å². The van der Waals surface area contributed by atoms with Gasteiger partial charge in [0, 0.05) is 23.8 Å². The van der Waals surface area contributed by atoms with Crippen molar-refractivity contribution in [1.29, 1.82) is 0 Å². The maximum atomic E-state index is 12.9. The molecule has 2 aromatic rings. The molecule has 43 heavy (non-hydrogen) atoms. The van der Waals surface area contributed by atoms with Crippen LogP contribution in [0.1, 0.15) is 127 Å². The van der Waals surface area contributed by atoms with E-state index in [2.05, 4.69) is 13.8 Å². The van der Waals surface area contributed by atoms with Gasteiger partial charge in [-0.1, -0.05) is 109 Å². The molecular formula is C35H49F5O3. The Balaban J connectivity index is 1.29. The highest BCUT2D eigenvalue weighted by atomic mass is 19.4. The number of phenolic OH excluding ortho intramolecular Hbond substituents is 2. The van der Waals surface area contributed by atoms with Crippen LogP contribution in [-0.2, 0) is 5.41 Å². The molecule has 3 nitrogen and oxygen atoms in total. The van der Waals surface area contributed by atoms with E-state index in [9.17, 15) is 32.2 Å². The highest BCUT2D eigenvalue weighted by Gasteiger charge is 2.56. The summed E-state index contributed by atoms with van der Waals surface area (Å²) < 4.78 is 68.6. The van der Waals surface area contributed by atoms with Crippen LogP contribution in [0.4, 0.5) is 22.0 Å². The van der Waals surface area contributed by atoms with Gasteiger partial charge in [-0.3, -0.25) is 0 Å². The average Bonchev–Trinajstić information content (AvgIpc) is 2.94. The van der Waals surface area contributed by atoms with E-state index in [1.54, 1.807) is 24.3 Å². The second-order valence-corrected chi connectivity index (χ2v) is 12.8. The fraction of sp³-hybridized carbons (Fsp3) is 0.657. The van der Waals surface area contributed by atoms with E-state index >= 15 is 0 Å². The third kappa shape index (κ3) is 10.3. The molecule has 2 aromatic carbocycles. The van der Waals surface area contributed by atoms with Crippen LogP contribution in [0.15, 0.2) is 42.5 Å². The van der Waals surface area contributed by atoms with Crippen molar-refractivity contribution in [3.05, 3.63) is 53.6 Å². The largest absolute Gasteiger partial charge is 0.508 e. The summed E-state index contributed by atoms with van der Waals surface area (Å²) in [6.45, 7) is 4.93. The van der Waals surface area contributed by atoms with Crippen molar-refractivity contribution in [3.8, 4) is 17.2 Å². The Hall–Kier alpha value is -2.51. The molecule has 3 rings (SSSR count). The first-order valence-electron chi connectivity index (χ1n) is 16.0. The van der Waals surface area contributed by atoms with Crippen molar-refractivity contribution in [2.45, 2.75) is 134 Å². The summed E-state index contributed by atoms with van der Waals surface area (Å²) in [6, 6.07) is 12.8. The molecule has 3 unspecified atom stereocenters. The number of alkyl halides is 5. The molecular weight excluding hydrogens is 563 g/mol. The Labute approximate surface area is 253 Å². The molecule has 0 radical (unpaired) electrons. The van der Waals surface area contributed by atoms with Gasteiger partial charge < -0.3 is 14.9 Å². The van der Waals surface area contributed by atoms with E-state index in [0.29, 0.717) is 25.4 Å². The van der Waals surface area contributed by atoms with E-state index < -0.39 is 18.5 Å². The number of fused-ring (bicyclic) bond motifs is 1. The number of phenols is 2. The molecule has 0 aromatic heterocycles. The van der Waals surface area contributed by atoms with Crippen LogP contribution >= 0.6 is 0 Å². The summed E-state index contributed by atoms with van der Waals surface area (Å²) in [5, 5.41) is 19.8. The second-order valence-electron chi connectivity index (χ2n) is 12.8. The normalized spacial score (nSPS) is 19.6. The Morgan fingerprint density at radius 2 is 1.30 bits per heavy atom. The molecule has 2 N–H and O–H groups in total. The van der Waals surface area contributed by atoms with Gasteiger partial charge in [-0.25, -0.2) is 0 Å². The number of rotatable bonds is 18. The zero-order valence-electron chi connectivity index (χ0n) is 25.7. The van der Waals surface area contributed by atoms with Crippen LogP contribution in [0.5, 0.6) is 17.2 Å². The number of benzene rings is 2. The summed E-state index contributed by atoms with van der Waals surface area (Å²) in [5.74, 6) is -2.59. The average molecular weight is 613 g/mol. The lowest BCUT2D eigenvalue weighted by Crippen LogP contribution is -2.40. The summed E-state index contributed by atoms with van der Waals surface area (Å²) >= 11 is 0. The van der Waals surface area contributed by atoms with Crippen LogP contribution in [0.2, 0.25) is 0 Å². The highest BCUT2D eigenvalue weighted by Crippen LogP contribution is 2.50. The van der Waals surface area contributed by atoms with Crippen molar-refractivity contribution in [3.63, 3.8) is 0 Å². The fourth-order valence-corrected chi connectivity index (χ4v) is 6.41. The number of unbranched alkanes of at least 4 members (excludes halogenated alkanes) is 9. The first-order chi connectivity index (χ1) is 20.3. The minimum absolute atomic E-state index is 0.0917. The quantitative estimate of drug-likeness (QED) is 0.130. The molecule has 3 atom stereocenters. The lowest BCUT2D eigenvalue weighted by atomic mass is 9.66. The monoisotopic (exact) mass is 612 g/mol. The Kier molecular flexibility index (Phi) is 13.0. The van der Waals surface area contributed by atoms with Crippen LogP contribution in [-0.4, -0.2) is 28.9 Å². The molecule has 242 valence electrons. The molecule has 8 heteroatoms. The maximum absolute atomic E-state index is 12.9. The highest BCUT2D eigenvalue weighted by molar-refractivity contribution is 5.48. The zero-order valence-corrected chi connectivity index (χ0v) is 25.7. The molecule has 0 bridgehead atoms. The van der Waals surface area contributed by atoms with E-state index in [-0.39, 0.29) is 29.3 Å².